The second-order valence-electron chi connectivity index (χ2n) is 3.76. The first-order valence-corrected chi connectivity index (χ1v) is 4.60. The molecule has 0 aliphatic rings. The highest BCUT2D eigenvalue weighted by atomic mass is 16.6. The van der Waals surface area contributed by atoms with E-state index in [0.29, 0.717) is 0 Å². The largest absolute Gasteiger partial charge is 0.469 e. The Bertz CT molecular complexity index is 259. The van der Waals surface area contributed by atoms with Gasteiger partial charge < -0.3 is 9.47 Å². The normalized spacial score (nSPS) is 14.2. The number of rotatable bonds is 5. The van der Waals surface area contributed by atoms with Crippen LogP contribution >= 0.6 is 0 Å². The van der Waals surface area contributed by atoms with Crippen LogP contribution < -0.4 is 0 Å². The summed E-state index contributed by atoms with van der Waals surface area (Å²) in [6, 6.07) is 0. The molecule has 1 unspecified atom stereocenters. The van der Waals surface area contributed by atoms with Crippen LogP contribution in [0.25, 0.3) is 0 Å². The predicted octanol–water partition coefficient (Wildman–Crippen LogP) is 0.706. The Morgan fingerprint density at radius 1 is 1.40 bits per heavy atom. The number of carbonyl (C=O) groups excluding carboxylic acids is 3. The molecule has 0 aromatic rings. The van der Waals surface area contributed by atoms with E-state index in [-0.39, 0.29) is 18.6 Å². The van der Waals surface area contributed by atoms with Crippen molar-refractivity contribution >= 4 is 18.2 Å². The van der Waals surface area contributed by atoms with Crippen molar-refractivity contribution in [2.75, 3.05) is 7.11 Å². The van der Waals surface area contributed by atoms with Crippen LogP contribution in [0.2, 0.25) is 0 Å². The van der Waals surface area contributed by atoms with Crippen LogP contribution in [0, 0.1) is 5.92 Å². The van der Waals surface area contributed by atoms with E-state index in [1.807, 2.05) is 0 Å². The van der Waals surface area contributed by atoms with Crippen LogP contribution in [0.5, 0.6) is 0 Å². The van der Waals surface area contributed by atoms with Crippen molar-refractivity contribution in [3.8, 4) is 0 Å². The maximum atomic E-state index is 11.1. The van der Waals surface area contributed by atoms with Crippen LogP contribution in [-0.4, -0.2) is 30.9 Å². The van der Waals surface area contributed by atoms with Gasteiger partial charge >= 0.3 is 11.9 Å². The molecule has 0 aliphatic carbocycles. The van der Waals surface area contributed by atoms with Crippen molar-refractivity contribution in [3.63, 3.8) is 0 Å². The van der Waals surface area contributed by atoms with Crippen LogP contribution in [-0.2, 0) is 23.9 Å². The minimum atomic E-state index is -1.01. The molecule has 0 bridgehead atoms. The van der Waals surface area contributed by atoms with Crippen LogP contribution in [0.15, 0.2) is 0 Å². The molecular weight excluding hydrogens is 200 g/mol. The lowest BCUT2D eigenvalue weighted by Crippen LogP contribution is -2.40. The molecule has 5 nitrogen and oxygen atoms in total. The van der Waals surface area contributed by atoms with Crippen molar-refractivity contribution in [2.24, 2.45) is 5.92 Å². The highest BCUT2D eigenvalue weighted by Gasteiger charge is 2.35. The molecule has 1 atom stereocenters. The maximum absolute atomic E-state index is 11.1. The summed E-state index contributed by atoms with van der Waals surface area (Å²) in [5.41, 5.74) is -1.01. The third-order valence-corrected chi connectivity index (χ3v) is 2.37. The van der Waals surface area contributed by atoms with E-state index < -0.39 is 17.5 Å². The number of esters is 2. The Labute approximate surface area is 88.7 Å². The Balaban J connectivity index is 4.66. The minimum absolute atomic E-state index is 0.0687. The molecule has 0 saturated heterocycles. The average Bonchev–Trinajstić information content (AvgIpc) is 2.16. The van der Waals surface area contributed by atoms with Gasteiger partial charge in [-0.15, -0.1) is 0 Å². The van der Waals surface area contributed by atoms with Crippen molar-refractivity contribution < 1.29 is 23.9 Å². The average molecular weight is 216 g/mol. The van der Waals surface area contributed by atoms with Gasteiger partial charge in [-0.1, -0.05) is 13.8 Å². The molecular formula is C10H16O5. The highest BCUT2D eigenvalue weighted by Crippen LogP contribution is 2.25. The standard InChI is InChI=1S/C10H16O5/c1-7(2)10(3,5-8(12)14-4)15-9(13)6-11/h6-7H,5H2,1-4H3. The molecule has 0 radical (unpaired) electrons. The molecule has 0 rings (SSSR count). The van der Waals surface area contributed by atoms with Gasteiger partial charge in [0, 0.05) is 0 Å². The number of methoxy groups -OCH3 is 1. The smallest absolute Gasteiger partial charge is 0.371 e. The SMILES string of the molecule is COC(=O)CC(C)(OC(=O)C=O)C(C)C. The van der Waals surface area contributed by atoms with Gasteiger partial charge in [0.25, 0.3) is 0 Å². The Hall–Kier alpha value is -1.39. The molecule has 0 aromatic carbocycles. The summed E-state index contributed by atoms with van der Waals surface area (Å²) in [5.74, 6) is -1.56. The van der Waals surface area contributed by atoms with Crippen LogP contribution in [0.1, 0.15) is 27.2 Å². The summed E-state index contributed by atoms with van der Waals surface area (Å²) in [5, 5.41) is 0. The second kappa shape index (κ2) is 5.48. The summed E-state index contributed by atoms with van der Waals surface area (Å²) >= 11 is 0. The molecule has 0 aliphatic heterocycles. The van der Waals surface area contributed by atoms with E-state index in [2.05, 4.69) is 4.74 Å². The molecule has 5 heteroatoms. The Morgan fingerprint density at radius 2 is 1.93 bits per heavy atom. The summed E-state index contributed by atoms with van der Waals surface area (Å²) in [6.07, 6.45) is 0.0126. The molecule has 15 heavy (non-hydrogen) atoms. The summed E-state index contributed by atoms with van der Waals surface area (Å²) in [4.78, 5) is 32.1. The third-order valence-electron chi connectivity index (χ3n) is 2.37. The van der Waals surface area contributed by atoms with Crippen molar-refractivity contribution in [2.45, 2.75) is 32.8 Å². The van der Waals surface area contributed by atoms with E-state index in [4.69, 9.17) is 4.74 Å². The topological polar surface area (TPSA) is 69.7 Å². The number of ether oxygens (including phenoxy) is 2. The van der Waals surface area contributed by atoms with Crippen LogP contribution in [0.4, 0.5) is 0 Å². The van der Waals surface area contributed by atoms with Gasteiger partial charge in [0.05, 0.1) is 13.5 Å². The lowest BCUT2D eigenvalue weighted by molar-refractivity contribution is -0.169. The van der Waals surface area contributed by atoms with E-state index in [0.717, 1.165) is 0 Å². The molecule has 0 saturated carbocycles. The van der Waals surface area contributed by atoms with Crippen LogP contribution in [0.3, 0.4) is 0 Å². The Morgan fingerprint density at radius 3 is 2.27 bits per heavy atom. The van der Waals surface area contributed by atoms with E-state index in [1.54, 1.807) is 20.8 Å². The fraction of sp³-hybridized carbons (Fsp3) is 0.700. The molecule has 0 heterocycles. The monoisotopic (exact) mass is 216 g/mol. The van der Waals surface area contributed by atoms with Gasteiger partial charge in [0.2, 0.25) is 6.29 Å². The van der Waals surface area contributed by atoms with Crippen molar-refractivity contribution in [1.29, 1.82) is 0 Å². The van der Waals surface area contributed by atoms with Crippen molar-refractivity contribution in [1.82, 2.24) is 0 Å². The van der Waals surface area contributed by atoms with Gasteiger partial charge in [-0.25, -0.2) is 4.79 Å². The molecule has 86 valence electrons. The first kappa shape index (κ1) is 13.6. The van der Waals surface area contributed by atoms with Gasteiger partial charge in [-0.2, -0.15) is 0 Å². The number of hydrogen-bond acceptors (Lipinski definition) is 5. The van der Waals surface area contributed by atoms with E-state index in [9.17, 15) is 14.4 Å². The highest BCUT2D eigenvalue weighted by molar-refractivity contribution is 6.20. The molecule has 0 aromatic heterocycles. The number of hydrogen-bond donors (Lipinski definition) is 0. The molecule has 0 fully saturated rings. The van der Waals surface area contributed by atoms with Crippen molar-refractivity contribution in [3.05, 3.63) is 0 Å². The third kappa shape index (κ3) is 4.10. The number of aldehydes is 1. The molecule has 0 N–H and O–H groups in total. The lowest BCUT2D eigenvalue weighted by Gasteiger charge is -2.31. The van der Waals surface area contributed by atoms with Gasteiger partial charge in [0.1, 0.15) is 5.60 Å². The Kier molecular flexibility index (Phi) is 4.97. The first-order chi connectivity index (χ1) is 6.85. The predicted molar refractivity (Wildman–Crippen MR) is 52.0 cm³/mol. The quantitative estimate of drug-likeness (QED) is 0.384. The summed E-state index contributed by atoms with van der Waals surface area (Å²) in [6.45, 7) is 5.18. The minimum Gasteiger partial charge on any atom is -0.469 e. The number of carbonyl (C=O) groups is 3. The van der Waals surface area contributed by atoms with Gasteiger partial charge in [0.15, 0.2) is 0 Å². The maximum Gasteiger partial charge on any atom is 0.371 e. The molecule has 0 amide bonds. The van der Waals surface area contributed by atoms with E-state index >= 15 is 0 Å². The molecule has 0 spiro atoms. The fourth-order valence-corrected chi connectivity index (χ4v) is 0.971. The fourth-order valence-electron chi connectivity index (χ4n) is 0.971. The zero-order valence-corrected chi connectivity index (χ0v) is 9.40. The van der Waals surface area contributed by atoms with Gasteiger partial charge in [-0.05, 0) is 12.8 Å². The van der Waals surface area contributed by atoms with Gasteiger partial charge in [-0.3, -0.25) is 9.59 Å². The summed E-state index contributed by atoms with van der Waals surface area (Å²) in [7, 11) is 1.25. The van der Waals surface area contributed by atoms with E-state index in [1.165, 1.54) is 7.11 Å². The lowest BCUT2D eigenvalue weighted by atomic mass is 9.89. The second-order valence-corrected chi connectivity index (χ2v) is 3.76. The zero-order chi connectivity index (χ0) is 12.1. The zero-order valence-electron chi connectivity index (χ0n) is 9.40. The first-order valence-electron chi connectivity index (χ1n) is 4.60. The summed E-state index contributed by atoms with van der Waals surface area (Å²) < 4.78 is 9.41.